The van der Waals surface area contributed by atoms with E-state index in [2.05, 4.69) is 42.4 Å². The molecule has 1 unspecified atom stereocenters. The average Bonchev–Trinajstić information content (AvgIpc) is 2.96. The highest BCUT2D eigenvalue weighted by Gasteiger charge is 2.28. The van der Waals surface area contributed by atoms with Crippen molar-refractivity contribution in [3.05, 3.63) is 53.1 Å². The molecule has 1 aliphatic rings. The van der Waals surface area contributed by atoms with E-state index in [1.54, 1.807) is 4.68 Å². The van der Waals surface area contributed by atoms with Gasteiger partial charge in [-0.05, 0) is 48.6 Å². The lowest BCUT2D eigenvalue weighted by Crippen LogP contribution is -2.37. The minimum absolute atomic E-state index is 0.0324. The molecule has 1 amide bonds. The van der Waals surface area contributed by atoms with Crippen LogP contribution >= 0.6 is 0 Å². The van der Waals surface area contributed by atoms with Crippen LogP contribution in [0, 0.1) is 6.92 Å². The van der Waals surface area contributed by atoms with Gasteiger partial charge in [0.25, 0.3) is 5.91 Å². The highest BCUT2D eigenvalue weighted by molar-refractivity contribution is 6.08. The Balaban J connectivity index is 1.78. The number of rotatable bonds is 1. The molecule has 0 N–H and O–H groups in total. The SMILES string of the molecule is Cc1cccc2c1N(C(=O)c1ccc3c(c1)nnn3C)CCC2C. The predicted molar refractivity (Wildman–Crippen MR) is 94.4 cm³/mol. The molecule has 0 saturated carbocycles. The van der Waals surface area contributed by atoms with Gasteiger partial charge in [0.15, 0.2) is 0 Å². The van der Waals surface area contributed by atoms with Crippen LogP contribution in [0.2, 0.25) is 0 Å². The van der Waals surface area contributed by atoms with E-state index in [0.717, 1.165) is 35.2 Å². The van der Waals surface area contributed by atoms with Crippen molar-refractivity contribution < 1.29 is 4.79 Å². The van der Waals surface area contributed by atoms with E-state index in [1.807, 2.05) is 30.1 Å². The van der Waals surface area contributed by atoms with Crippen molar-refractivity contribution in [3.63, 3.8) is 0 Å². The lowest BCUT2D eigenvalue weighted by molar-refractivity contribution is 0.0984. The molecule has 122 valence electrons. The average molecular weight is 320 g/mol. The smallest absolute Gasteiger partial charge is 0.258 e. The summed E-state index contributed by atoms with van der Waals surface area (Å²) < 4.78 is 1.71. The number of hydrogen-bond acceptors (Lipinski definition) is 3. The second-order valence-corrected chi connectivity index (χ2v) is 6.58. The third-order valence-corrected chi connectivity index (χ3v) is 4.96. The first-order valence-corrected chi connectivity index (χ1v) is 8.27. The van der Waals surface area contributed by atoms with Gasteiger partial charge in [-0.3, -0.25) is 4.79 Å². The van der Waals surface area contributed by atoms with Crippen LogP contribution in [0.25, 0.3) is 11.0 Å². The Labute approximate surface area is 140 Å². The molecule has 5 heteroatoms. The number of hydrogen-bond donors (Lipinski definition) is 0. The van der Waals surface area contributed by atoms with E-state index in [1.165, 1.54) is 5.56 Å². The fourth-order valence-electron chi connectivity index (χ4n) is 3.57. The molecule has 24 heavy (non-hydrogen) atoms. The van der Waals surface area contributed by atoms with Gasteiger partial charge >= 0.3 is 0 Å². The van der Waals surface area contributed by atoms with E-state index in [-0.39, 0.29) is 5.91 Å². The summed E-state index contributed by atoms with van der Waals surface area (Å²) in [6.45, 7) is 5.05. The van der Waals surface area contributed by atoms with Gasteiger partial charge in [-0.15, -0.1) is 5.10 Å². The Kier molecular flexibility index (Phi) is 3.37. The lowest BCUT2D eigenvalue weighted by atomic mass is 9.89. The van der Waals surface area contributed by atoms with Gasteiger partial charge in [0, 0.05) is 19.2 Å². The first kappa shape index (κ1) is 14.9. The number of carbonyl (C=O) groups is 1. The maximum absolute atomic E-state index is 13.1. The minimum atomic E-state index is 0.0324. The third kappa shape index (κ3) is 2.19. The lowest BCUT2D eigenvalue weighted by Gasteiger charge is -2.34. The molecule has 1 aromatic heterocycles. The number of benzene rings is 2. The maximum atomic E-state index is 13.1. The van der Waals surface area contributed by atoms with Crippen LogP contribution in [0.3, 0.4) is 0 Å². The number of fused-ring (bicyclic) bond motifs is 2. The standard InChI is InChI=1S/C19H20N4O/c1-12-9-10-23(18-13(2)5-4-6-15(12)18)19(24)14-7-8-17-16(11-14)20-21-22(17)3/h4-8,11-12H,9-10H2,1-3H3. The number of anilines is 1. The molecule has 0 aliphatic carbocycles. The van der Waals surface area contributed by atoms with Crippen molar-refractivity contribution in [2.24, 2.45) is 7.05 Å². The number of para-hydroxylation sites is 1. The van der Waals surface area contributed by atoms with Gasteiger partial charge in [0.05, 0.1) is 11.2 Å². The van der Waals surface area contributed by atoms with E-state index in [0.29, 0.717) is 11.5 Å². The van der Waals surface area contributed by atoms with Gasteiger partial charge in [-0.25, -0.2) is 4.68 Å². The first-order valence-electron chi connectivity index (χ1n) is 8.27. The van der Waals surface area contributed by atoms with Gasteiger partial charge in [-0.1, -0.05) is 30.3 Å². The summed E-state index contributed by atoms with van der Waals surface area (Å²) in [7, 11) is 1.85. The third-order valence-electron chi connectivity index (χ3n) is 4.96. The summed E-state index contributed by atoms with van der Waals surface area (Å²) >= 11 is 0. The second-order valence-electron chi connectivity index (χ2n) is 6.58. The van der Waals surface area contributed by atoms with Crippen LogP contribution in [0.4, 0.5) is 5.69 Å². The molecular formula is C19H20N4O. The predicted octanol–water partition coefficient (Wildman–Crippen LogP) is 3.43. The highest BCUT2D eigenvalue weighted by atomic mass is 16.2. The molecule has 1 atom stereocenters. The molecular weight excluding hydrogens is 300 g/mol. The molecule has 3 aromatic rings. The van der Waals surface area contributed by atoms with Crippen molar-refractivity contribution >= 4 is 22.6 Å². The van der Waals surface area contributed by atoms with Crippen molar-refractivity contribution in [2.45, 2.75) is 26.2 Å². The monoisotopic (exact) mass is 320 g/mol. The Bertz CT molecular complexity index is 944. The van der Waals surface area contributed by atoms with Crippen molar-refractivity contribution in [1.82, 2.24) is 15.0 Å². The van der Waals surface area contributed by atoms with E-state index < -0.39 is 0 Å². The number of aromatic nitrogens is 3. The summed E-state index contributed by atoms with van der Waals surface area (Å²) in [4.78, 5) is 15.1. The van der Waals surface area contributed by atoms with Gasteiger partial charge < -0.3 is 4.90 Å². The molecule has 0 radical (unpaired) electrons. The van der Waals surface area contributed by atoms with Crippen LogP contribution in [0.5, 0.6) is 0 Å². The highest BCUT2D eigenvalue weighted by Crippen LogP contribution is 2.38. The molecule has 4 rings (SSSR count). The zero-order chi connectivity index (χ0) is 16.8. The molecule has 0 spiro atoms. The fourth-order valence-corrected chi connectivity index (χ4v) is 3.57. The summed E-state index contributed by atoms with van der Waals surface area (Å²) in [6, 6.07) is 11.9. The number of amides is 1. The van der Waals surface area contributed by atoms with Crippen LogP contribution in [0.1, 0.15) is 40.7 Å². The number of aryl methyl sites for hydroxylation is 2. The van der Waals surface area contributed by atoms with Crippen molar-refractivity contribution in [3.8, 4) is 0 Å². The van der Waals surface area contributed by atoms with Gasteiger partial charge in [0.2, 0.25) is 0 Å². The molecule has 0 saturated heterocycles. The Morgan fingerprint density at radius 3 is 2.92 bits per heavy atom. The molecule has 2 aromatic carbocycles. The van der Waals surface area contributed by atoms with Crippen molar-refractivity contribution in [2.75, 3.05) is 11.4 Å². The zero-order valence-electron chi connectivity index (χ0n) is 14.2. The van der Waals surface area contributed by atoms with Crippen LogP contribution in [-0.4, -0.2) is 27.4 Å². The largest absolute Gasteiger partial charge is 0.308 e. The number of carbonyl (C=O) groups excluding carboxylic acids is 1. The van der Waals surface area contributed by atoms with Crippen LogP contribution in [-0.2, 0) is 7.05 Å². The van der Waals surface area contributed by atoms with E-state index in [9.17, 15) is 4.79 Å². The second kappa shape index (κ2) is 5.44. The molecule has 0 bridgehead atoms. The Hall–Kier alpha value is -2.69. The molecule has 2 heterocycles. The zero-order valence-corrected chi connectivity index (χ0v) is 14.2. The quantitative estimate of drug-likeness (QED) is 0.690. The maximum Gasteiger partial charge on any atom is 0.258 e. The number of nitrogens with zero attached hydrogens (tertiary/aromatic N) is 4. The normalized spacial score (nSPS) is 17.1. The Morgan fingerprint density at radius 1 is 1.25 bits per heavy atom. The fraction of sp³-hybridized carbons (Fsp3) is 0.316. The van der Waals surface area contributed by atoms with Crippen LogP contribution in [0.15, 0.2) is 36.4 Å². The van der Waals surface area contributed by atoms with Gasteiger partial charge in [0.1, 0.15) is 5.52 Å². The van der Waals surface area contributed by atoms with Crippen molar-refractivity contribution in [1.29, 1.82) is 0 Å². The first-order chi connectivity index (χ1) is 11.6. The summed E-state index contributed by atoms with van der Waals surface area (Å²) in [5.41, 5.74) is 5.81. The molecule has 0 fully saturated rings. The summed E-state index contributed by atoms with van der Waals surface area (Å²) in [6.07, 6.45) is 0.982. The van der Waals surface area contributed by atoms with Crippen LogP contribution < -0.4 is 4.90 Å². The molecule has 1 aliphatic heterocycles. The van der Waals surface area contributed by atoms with E-state index in [4.69, 9.17) is 0 Å². The minimum Gasteiger partial charge on any atom is -0.308 e. The summed E-state index contributed by atoms with van der Waals surface area (Å²) in [5.74, 6) is 0.511. The van der Waals surface area contributed by atoms with E-state index >= 15 is 0 Å². The topological polar surface area (TPSA) is 51.0 Å². The molecule has 5 nitrogen and oxygen atoms in total. The van der Waals surface area contributed by atoms with Gasteiger partial charge in [-0.2, -0.15) is 0 Å². The summed E-state index contributed by atoms with van der Waals surface area (Å²) in [5, 5.41) is 8.13. The Morgan fingerprint density at radius 2 is 2.08 bits per heavy atom.